The first kappa shape index (κ1) is 65.1. The fourth-order valence-corrected chi connectivity index (χ4v) is 9.02. The fraction of sp³-hybridized carbons (Fsp3) is 1.00. The van der Waals surface area contributed by atoms with Crippen molar-refractivity contribution in [1.29, 1.82) is 0 Å². The molecule has 0 aromatic heterocycles. The first-order valence-electron chi connectivity index (χ1n) is 27.5. The SMILES string of the molecule is CCCCCCCCCCCCCCCCCCCCCC[N+](C)(C)CCC.CCCCCCCCCCCCCCCCCCCCCC[N+](C)(C)CCC.O=S(=O)([O-])[O-]. The van der Waals surface area contributed by atoms with Crippen molar-refractivity contribution in [2.24, 2.45) is 0 Å². The highest BCUT2D eigenvalue weighted by atomic mass is 32.3. The van der Waals surface area contributed by atoms with E-state index in [1.807, 2.05) is 0 Å². The van der Waals surface area contributed by atoms with Crippen molar-refractivity contribution in [2.45, 2.75) is 297 Å². The molecule has 0 aliphatic rings. The summed E-state index contributed by atoms with van der Waals surface area (Å²) in [6.45, 7) is 14.6. The van der Waals surface area contributed by atoms with Crippen molar-refractivity contribution in [3.8, 4) is 0 Å². The summed E-state index contributed by atoms with van der Waals surface area (Å²) in [4.78, 5) is 0. The minimum atomic E-state index is -5.17. The number of hydrogen-bond donors (Lipinski definition) is 0. The molecule has 372 valence electrons. The lowest BCUT2D eigenvalue weighted by atomic mass is 10.0. The Balaban J connectivity index is -0.000000991. The van der Waals surface area contributed by atoms with E-state index in [0.29, 0.717) is 0 Å². The molecule has 6 nitrogen and oxygen atoms in total. The molecule has 7 heteroatoms. The van der Waals surface area contributed by atoms with Crippen LogP contribution in [0.2, 0.25) is 0 Å². The molecule has 0 amide bonds. The summed E-state index contributed by atoms with van der Waals surface area (Å²) in [5.74, 6) is 0. The lowest BCUT2D eigenvalue weighted by molar-refractivity contribution is -0.890. The van der Waals surface area contributed by atoms with E-state index in [0.717, 1.165) is 0 Å². The van der Waals surface area contributed by atoms with Gasteiger partial charge in [0.05, 0.1) is 54.4 Å². The summed E-state index contributed by atoms with van der Waals surface area (Å²) >= 11 is 0. The second-order valence-corrected chi connectivity index (χ2v) is 21.4. The molecule has 0 fully saturated rings. The van der Waals surface area contributed by atoms with Gasteiger partial charge >= 0.3 is 0 Å². The third kappa shape index (κ3) is 69.0. The van der Waals surface area contributed by atoms with Gasteiger partial charge in [0.15, 0.2) is 0 Å². The molecule has 0 unspecified atom stereocenters. The molecule has 0 heterocycles. The smallest absolute Gasteiger partial charge is 0.0782 e. The van der Waals surface area contributed by atoms with E-state index in [9.17, 15) is 0 Å². The molecule has 0 saturated carbocycles. The van der Waals surface area contributed by atoms with Gasteiger partial charge in [-0.3, -0.25) is 8.42 Å². The fourth-order valence-electron chi connectivity index (χ4n) is 9.02. The average molecular weight is 890 g/mol. The Morgan fingerprint density at radius 3 is 0.508 bits per heavy atom. The van der Waals surface area contributed by atoms with Gasteiger partial charge in [-0.1, -0.05) is 259 Å². The van der Waals surface area contributed by atoms with Crippen LogP contribution in [-0.4, -0.2) is 80.9 Å². The molecule has 0 spiro atoms. The highest BCUT2D eigenvalue weighted by Crippen LogP contribution is 2.17. The van der Waals surface area contributed by atoms with Crippen LogP contribution >= 0.6 is 0 Å². The normalized spacial score (nSPS) is 12.0. The molecule has 0 aromatic rings. The van der Waals surface area contributed by atoms with Crippen molar-refractivity contribution in [3.63, 3.8) is 0 Å². The molecule has 0 radical (unpaired) electrons. The predicted molar refractivity (Wildman–Crippen MR) is 271 cm³/mol. The van der Waals surface area contributed by atoms with Crippen LogP contribution < -0.4 is 0 Å². The van der Waals surface area contributed by atoms with E-state index in [4.69, 9.17) is 17.5 Å². The molecule has 0 N–H and O–H groups in total. The van der Waals surface area contributed by atoms with Gasteiger partial charge in [0, 0.05) is 10.4 Å². The predicted octanol–water partition coefficient (Wildman–Crippen LogP) is 17.3. The third-order valence-electron chi connectivity index (χ3n) is 12.9. The van der Waals surface area contributed by atoms with Crippen LogP contribution in [0.4, 0.5) is 0 Å². The van der Waals surface area contributed by atoms with Crippen molar-refractivity contribution in [3.05, 3.63) is 0 Å². The van der Waals surface area contributed by atoms with E-state index in [-0.39, 0.29) is 0 Å². The molecule has 0 aliphatic heterocycles. The highest BCUT2D eigenvalue weighted by Gasteiger charge is 2.13. The van der Waals surface area contributed by atoms with Crippen LogP contribution in [0.1, 0.15) is 297 Å². The van der Waals surface area contributed by atoms with Gasteiger partial charge in [-0.2, -0.15) is 0 Å². The van der Waals surface area contributed by atoms with Gasteiger partial charge in [0.2, 0.25) is 0 Å². The van der Waals surface area contributed by atoms with Gasteiger partial charge in [0.25, 0.3) is 0 Å². The Morgan fingerprint density at radius 1 is 0.246 bits per heavy atom. The standard InChI is InChI=1S/2C27H58N.H2O4S/c2*1-5-7-8-9-10-11-12-13-14-15-16-17-18-19-20-21-22-23-24-25-27-28(3,4)26-6-2;1-5(2,3)4/h2*5-27H2,1-4H3;(H2,1,2,3,4)/q2*+1;/p-2. The van der Waals surface area contributed by atoms with Gasteiger partial charge < -0.3 is 18.1 Å². The highest BCUT2D eigenvalue weighted by molar-refractivity contribution is 7.79. The Kier molecular flexibility index (Phi) is 54.2. The molecule has 0 aliphatic carbocycles. The first-order chi connectivity index (χ1) is 29.2. The summed E-state index contributed by atoms with van der Waals surface area (Å²) in [7, 11) is 4.39. The van der Waals surface area contributed by atoms with Gasteiger partial charge in [-0.15, -0.1) is 0 Å². The van der Waals surface area contributed by atoms with Gasteiger partial charge in [-0.05, 0) is 38.5 Å². The molecule has 0 atom stereocenters. The van der Waals surface area contributed by atoms with Crippen molar-refractivity contribution in [2.75, 3.05) is 54.4 Å². The quantitative estimate of drug-likeness (QED) is 0.0264. The zero-order valence-electron chi connectivity index (χ0n) is 43.5. The molecular formula is C54H116N2O4S. The number of rotatable bonds is 46. The second kappa shape index (κ2) is 50.8. The lowest BCUT2D eigenvalue weighted by Crippen LogP contribution is -2.40. The Morgan fingerprint density at radius 2 is 0.377 bits per heavy atom. The number of hydrogen-bond acceptors (Lipinski definition) is 4. The van der Waals surface area contributed by atoms with Gasteiger partial charge in [-0.25, -0.2) is 0 Å². The molecule has 0 saturated heterocycles. The van der Waals surface area contributed by atoms with Crippen LogP contribution in [0.3, 0.4) is 0 Å². The molecule has 0 rings (SSSR count). The number of unbranched alkanes of at least 4 members (excludes halogenated alkanes) is 38. The van der Waals surface area contributed by atoms with Crippen LogP contribution in [0.5, 0.6) is 0 Å². The zero-order chi connectivity index (χ0) is 46.0. The topological polar surface area (TPSA) is 80.3 Å². The molecule has 0 bridgehead atoms. The van der Waals surface area contributed by atoms with Crippen LogP contribution in [0, 0.1) is 0 Å². The van der Waals surface area contributed by atoms with Crippen molar-refractivity contribution >= 4 is 10.4 Å². The minimum absolute atomic E-state index is 1.22. The summed E-state index contributed by atoms with van der Waals surface area (Å²) in [5, 5.41) is 0. The zero-order valence-corrected chi connectivity index (χ0v) is 44.3. The summed E-state index contributed by atoms with van der Waals surface area (Å²) in [6.07, 6.45) is 61.4. The van der Waals surface area contributed by atoms with Crippen LogP contribution in [0.15, 0.2) is 0 Å². The Hall–Kier alpha value is -0.210. The Bertz CT molecular complexity index is 845. The molecule has 0 aromatic carbocycles. The minimum Gasteiger partial charge on any atom is -0.759 e. The van der Waals surface area contributed by atoms with E-state index in [1.54, 1.807) is 0 Å². The number of nitrogens with zero attached hydrogens (tertiary/aromatic N) is 2. The van der Waals surface area contributed by atoms with Crippen LogP contribution in [0.25, 0.3) is 0 Å². The van der Waals surface area contributed by atoms with E-state index < -0.39 is 10.4 Å². The van der Waals surface area contributed by atoms with E-state index in [1.165, 1.54) is 305 Å². The van der Waals surface area contributed by atoms with E-state index in [2.05, 4.69) is 55.9 Å². The van der Waals surface area contributed by atoms with Crippen molar-refractivity contribution < 1.29 is 26.5 Å². The monoisotopic (exact) mass is 889 g/mol. The average Bonchev–Trinajstić information content (AvgIpc) is 3.19. The maximum atomic E-state index is 8.52. The van der Waals surface area contributed by atoms with Crippen LogP contribution in [-0.2, 0) is 10.4 Å². The van der Waals surface area contributed by atoms with E-state index >= 15 is 0 Å². The third-order valence-corrected chi connectivity index (χ3v) is 12.9. The van der Waals surface area contributed by atoms with Gasteiger partial charge in [0.1, 0.15) is 0 Å². The summed E-state index contributed by atoms with van der Waals surface area (Å²) in [6, 6.07) is 0. The Labute approximate surface area is 387 Å². The maximum absolute atomic E-state index is 8.52. The molecular weight excluding hydrogens is 773 g/mol. The van der Waals surface area contributed by atoms with Crippen molar-refractivity contribution in [1.82, 2.24) is 0 Å². The lowest BCUT2D eigenvalue weighted by Gasteiger charge is -2.29. The maximum Gasteiger partial charge on any atom is 0.0782 e. The number of quaternary nitrogens is 2. The largest absolute Gasteiger partial charge is 0.759 e. The summed E-state index contributed by atoms with van der Waals surface area (Å²) < 4.78 is 36.5. The second-order valence-electron chi connectivity index (χ2n) is 20.6. The first-order valence-corrected chi connectivity index (χ1v) is 28.9. The molecule has 61 heavy (non-hydrogen) atoms. The summed E-state index contributed by atoms with van der Waals surface area (Å²) in [5.41, 5.74) is 0.